The predicted octanol–water partition coefficient (Wildman–Crippen LogP) is 3.09. The Morgan fingerprint density at radius 1 is 1.19 bits per heavy atom. The van der Waals surface area contributed by atoms with Crippen LogP contribution in [0.3, 0.4) is 0 Å². The molecule has 0 saturated carbocycles. The maximum absolute atomic E-state index is 12.3. The zero-order valence-corrected chi connectivity index (χ0v) is 14.7. The van der Waals surface area contributed by atoms with Crippen LogP contribution in [-0.2, 0) is 17.8 Å². The standard InChI is InChI=1S/C20H18N4O3/c1-26-15-6-4-5-13(9-15)20-24-23-19(27-20)12-22-18(25)10-14-11-21-17-8-3-2-7-16(14)17/h2-9,11,21H,10,12H2,1H3,(H,22,25). The lowest BCUT2D eigenvalue weighted by atomic mass is 10.1. The highest BCUT2D eigenvalue weighted by Crippen LogP contribution is 2.22. The number of ether oxygens (including phenoxy) is 1. The van der Waals surface area contributed by atoms with Crippen molar-refractivity contribution in [1.29, 1.82) is 0 Å². The van der Waals surface area contributed by atoms with Gasteiger partial charge in [0.1, 0.15) is 5.75 Å². The molecular formula is C20H18N4O3. The van der Waals surface area contributed by atoms with Gasteiger partial charge in [-0.25, -0.2) is 0 Å². The minimum absolute atomic E-state index is 0.110. The summed E-state index contributed by atoms with van der Waals surface area (Å²) in [6, 6.07) is 15.2. The Morgan fingerprint density at radius 3 is 2.96 bits per heavy atom. The van der Waals surface area contributed by atoms with E-state index in [1.54, 1.807) is 7.11 Å². The number of hydrogen-bond acceptors (Lipinski definition) is 5. The van der Waals surface area contributed by atoms with Crippen molar-refractivity contribution < 1.29 is 13.9 Å². The number of carbonyl (C=O) groups is 1. The summed E-state index contributed by atoms with van der Waals surface area (Å²) >= 11 is 0. The van der Waals surface area contributed by atoms with Crippen molar-refractivity contribution >= 4 is 16.8 Å². The number of carbonyl (C=O) groups excluding carboxylic acids is 1. The number of para-hydroxylation sites is 1. The molecule has 0 bridgehead atoms. The minimum atomic E-state index is -0.110. The number of nitrogens with zero attached hydrogens (tertiary/aromatic N) is 2. The van der Waals surface area contributed by atoms with E-state index in [-0.39, 0.29) is 18.9 Å². The molecule has 7 nitrogen and oxygen atoms in total. The molecule has 4 rings (SSSR count). The molecule has 27 heavy (non-hydrogen) atoms. The lowest BCUT2D eigenvalue weighted by Gasteiger charge is -2.02. The fraction of sp³-hybridized carbons (Fsp3) is 0.150. The normalized spacial score (nSPS) is 10.9. The first-order chi connectivity index (χ1) is 13.2. The first kappa shape index (κ1) is 16.8. The highest BCUT2D eigenvalue weighted by molar-refractivity contribution is 5.88. The highest BCUT2D eigenvalue weighted by atomic mass is 16.5. The molecule has 2 N–H and O–H groups in total. The molecule has 0 fully saturated rings. The molecule has 0 spiro atoms. The van der Waals surface area contributed by atoms with Gasteiger partial charge in [-0.1, -0.05) is 24.3 Å². The quantitative estimate of drug-likeness (QED) is 0.550. The van der Waals surface area contributed by atoms with Crippen molar-refractivity contribution in [3.05, 3.63) is 66.2 Å². The van der Waals surface area contributed by atoms with Gasteiger partial charge < -0.3 is 19.5 Å². The number of amides is 1. The van der Waals surface area contributed by atoms with Gasteiger partial charge in [0.05, 0.1) is 20.1 Å². The van der Waals surface area contributed by atoms with Crippen molar-refractivity contribution in [3.8, 4) is 17.2 Å². The molecule has 0 atom stereocenters. The molecule has 2 aromatic heterocycles. The minimum Gasteiger partial charge on any atom is -0.497 e. The number of fused-ring (bicyclic) bond motifs is 1. The monoisotopic (exact) mass is 362 g/mol. The average Bonchev–Trinajstić information content (AvgIpc) is 3.34. The molecule has 0 unspecified atom stereocenters. The Labute approximate surface area is 155 Å². The van der Waals surface area contributed by atoms with Gasteiger partial charge in [-0.2, -0.15) is 0 Å². The summed E-state index contributed by atoms with van der Waals surface area (Å²) in [4.78, 5) is 15.4. The Hall–Kier alpha value is -3.61. The van der Waals surface area contributed by atoms with Crippen LogP contribution in [0.2, 0.25) is 0 Å². The molecule has 7 heteroatoms. The number of H-pyrrole nitrogens is 1. The largest absolute Gasteiger partial charge is 0.497 e. The van der Waals surface area contributed by atoms with Crippen LogP contribution >= 0.6 is 0 Å². The summed E-state index contributed by atoms with van der Waals surface area (Å²) in [6.07, 6.45) is 2.14. The number of methoxy groups -OCH3 is 1. The number of benzene rings is 2. The molecule has 2 heterocycles. The van der Waals surface area contributed by atoms with E-state index in [0.717, 1.165) is 22.0 Å². The van der Waals surface area contributed by atoms with Crippen LogP contribution in [0.4, 0.5) is 0 Å². The van der Waals surface area contributed by atoms with Gasteiger partial charge >= 0.3 is 0 Å². The average molecular weight is 362 g/mol. The molecule has 1 amide bonds. The maximum Gasteiger partial charge on any atom is 0.247 e. The lowest BCUT2D eigenvalue weighted by Crippen LogP contribution is -2.24. The maximum atomic E-state index is 12.3. The smallest absolute Gasteiger partial charge is 0.247 e. The van der Waals surface area contributed by atoms with Crippen LogP contribution < -0.4 is 10.1 Å². The van der Waals surface area contributed by atoms with E-state index in [4.69, 9.17) is 9.15 Å². The Morgan fingerprint density at radius 2 is 2.07 bits per heavy atom. The summed E-state index contributed by atoms with van der Waals surface area (Å²) < 4.78 is 10.8. The zero-order chi connectivity index (χ0) is 18.6. The molecule has 0 saturated heterocycles. The summed E-state index contributed by atoms with van der Waals surface area (Å²) in [5.41, 5.74) is 2.73. The van der Waals surface area contributed by atoms with Gasteiger partial charge in [0.2, 0.25) is 17.7 Å². The Bertz CT molecular complexity index is 1080. The van der Waals surface area contributed by atoms with E-state index in [9.17, 15) is 4.79 Å². The zero-order valence-electron chi connectivity index (χ0n) is 14.7. The topological polar surface area (TPSA) is 93.0 Å². The molecule has 136 valence electrons. The second-order valence-corrected chi connectivity index (χ2v) is 6.05. The predicted molar refractivity (Wildman–Crippen MR) is 100 cm³/mol. The number of nitrogens with one attached hydrogen (secondary N) is 2. The lowest BCUT2D eigenvalue weighted by molar-refractivity contribution is -0.120. The van der Waals surface area contributed by atoms with Gasteiger partial charge in [0.15, 0.2) is 0 Å². The van der Waals surface area contributed by atoms with Crippen molar-refractivity contribution in [3.63, 3.8) is 0 Å². The first-order valence-corrected chi connectivity index (χ1v) is 8.51. The summed E-state index contributed by atoms with van der Waals surface area (Å²) in [5.74, 6) is 1.33. The van der Waals surface area contributed by atoms with Crippen LogP contribution in [0.5, 0.6) is 5.75 Å². The molecule has 0 aliphatic rings. The fourth-order valence-electron chi connectivity index (χ4n) is 2.89. The molecule has 4 aromatic rings. The summed E-state index contributed by atoms with van der Waals surface area (Å²) in [6.45, 7) is 0.179. The van der Waals surface area contributed by atoms with E-state index < -0.39 is 0 Å². The molecule has 2 aromatic carbocycles. The van der Waals surface area contributed by atoms with Crippen LogP contribution in [-0.4, -0.2) is 28.2 Å². The second kappa shape index (κ2) is 7.33. The number of hydrogen-bond donors (Lipinski definition) is 2. The number of rotatable bonds is 6. The van der Waals surface area contributed by atoms with Crippen molar-refractivity contribution in [1.82, 2.24) is 20.5 Å². The van der Waals surface area contributed by atoms with Gasteiger partial charge in [-0.3, -0.25) is 4.79 Å². The third kappa shape index (κ3) is 3.67. The van der Waals surface area contributed by atoms with E-state index in [1.807, 2.05) is 54.7 Å². The van der Waals surface area contributed by atoms with Crippen LogP contribution in [0.25, 0.3) is 22.4 Å². The van der Waals surface area contributed by atoms with Gasteiger partial charge in [0, 0.05) is 22.7 Å². The fourth-order valence-corrected chi connectivity index (χ4v) is 2.89. The first-order valence-electron chi connectivity index (χ1n) is 8.51. The number of aromatic nitrogens is 3. The second-order valence-electron chi connectivity index (χ2n) is 6.05. The summed E-state index contributed by atoms with van der Waals surface area (Å²) in [7, 11) is 1.60. The Kier molecular flexibility index (Phi) is 4.57. The Balaban J connectivity index is 1.39. The third-order valence-electron chi connectivity index (χ3n) is 4.25. The van der Waals surface area contributed by atoms with E-state index in [2.05, 4.69) is 20.5 Å². The summed E-state index contributed by atoms with van der Waals surface area (Å²) in [5, 5.41) is 11.9. The van der Waals surface area contributed by atoms with E-state index in [0.29, 0.717) is 17.5 Å². The van der Waals surface area contributed by atoms with Crippen LogP contribution in [0.1, 0.15) is 11.5 Å². The van der Waals surface area contributed by atoms with Crippen LogP contribution in [0, 0.1) is 0 Å². The van der Waals surface area contributed by atoms with Gasteiger partial charge in [-0.05, 0) is 29.8 Å². The molecule has 0 aliphatic heterocycles. The third-order valence-corrected chi connectivity index (χ3v) is 4.25. The van der Waals surface area contributed by atoms with Gasteiger partial charge in [-0.15, -0.1) is 10.2 Å². The van der Waals surface area contributed by atoms with E-state index in [1.165, 1.54) is 0 Å². The number of aromatic amines is 1. The van der Waals surface area contributed by atoms with Crippen molar-refractivity contribution in [2.75, 3.05) is 7.11 Å². The van der Waals surface area contributed by atoms with Crippen LogP contribution in [0.15, 0.2) is 59.1 Å². The molecular weight excluding hydrogens is 344 g/mol. The highest BCUT2D eigenvalue weighted by Gasteiger charge is 2.12. The van der Waals surface area contributed by atoms with Gasteiger partial charge in [0.25, 0.3) is 0 Å². The molecule has 0 aliphatic carbocycles. The molecule has 0 radical (unpaired) electrons. The van der Waals surface area contributed by atoms with Crippen molar-refractivity contribution in [2.45, 2.75) is 13.0 Å². The van der Waals surface area contributed by atoms with E-state index >= 15 is 0 Å². The SMILES string of the molecule is COc1cccc(-c2nnc(CNC(=O)Cc3c[nH]c4ccccc34)o2)c1. The van der Waals surface area contributed by atoms with Crippen molar-refractivity contribution in [2.24, 2.45) is 0 Å².